The van der Waals surface area contributed by atoms with Crippen LogP contribution in [0.4, 0.5) is 5.13 Å². The Morgan fingerprint density at radius 3 is 2.90 bits per heavy atom. The van der Waals surface area contributed by atoms with Gasteiger partial charge in [0.05, 0.1) is 11.4 Å². The summed E-state index contributed by atoms with van der Waals surface area (Å²) < 4.78 is 0. The molecule has 0 aliphatic carbocycles. The van der Waals surface area contributed by atoms with E-state index in [1.165, 1.54) is 11.3 Å². The summed E-state index contributed by atoms with van der Waals surface area (Å²) in [7, 11) is 0. The second kappa shape index (κ2) is 5.42. The molecule has 1 aliphatic heterocycles. The van der Waals surface area contributed by atoms with Crippen LogP contribution in [-0.4, -0.2) is 22.7 Å². The lowest BCUT2D eigenvalue weighted by atomic mass is 10.1. The van der Waals surface area contributed by atoms with Crippen molar-refractivity contribution in [2.24, 2.45) is 5.16 Å². The first kappa shape index (κ1) is 12.8. The number of aromatic nitrogens is 1. The summed E-state index contributed by atoms with van der Waals surface area (Å²) in [5.41, 5.74) is 2.66. The Balaban J connectivity index is 1.62. The third-order valence-electron chi connectivity index (χ3n) is 2.92. The molecular formula is C14H13N3O2S. The van der Waals surface area contributed by atoms with Gasteiger partial charge in [-0.2, -0.15) is 0 Å². The normalized spacial score (nSPS) is 17.4. The average molecular weight is 287 g/mol. The number of hydrogen-bond acceptors (Lipinski definition) is 5. The monoisotopic (exact) mass is 287 g/mol. The van der Waals surface area contributed by atoms with Crippen LogP contribution in [-0.2, 0) is 9.63 Å². The van der Waals surface area contributed by atoms with E-state index < -0.39 is 6.10 Å². The molecule has 1 amide bonds. The molecule has 1 atom stereocenters. The van der Waals surface area contributed by atoms with E-state index in [0.717, 1.165) is 17.0 Å². The molecular weight excluding hydrogens is 274 g/mol. The number of nitrogens with zero attached hydrogens (tertiary/aromatic N) is 2. The number of oxime groups is 1. The molecule has 0 fully saturated rings. The van der Waals surface area contributed by atoms with Gasteiger partial charge in [0.2, 0.25) is 6.10 Å². The molecule has 0 saturated carbocycles. The highest BCUT2D eigenvalue weighted by molar-refractivity contribution is 7.13. The van der Waals surface area contributed by atoms with Crippen molar-refractivity contribution < 1.29 is 9.63 Å². The molecule has 1 aromatic heterocycles. The molecule has 0 spiro atoms. The van der Waals surface area contributed by atoms with Crippen LogP contribution in [0, 0.1) is 6.92 Å². The maximum atomic E-state index is 12.1. The number of nitrogens with one attached hydrogen (secondary N) is 1. The lowest BCUT2D eigenvalue weighted by molar-refractivity contribution is -0.125. The molecule has 2 heterocycles. The number of thiazole rings is 1. The minimum Gasteiger partial charge on any atom is -0.382 e. The van der Waals surface area contributed by atoms with Crippen molar-refractivity contribution in [3.8, 4) is 0 Å². The van der Waals surface area contributed by atoms with E-state index in [1.54, 1.807) is 0 Å². The third-order valence-corrected chi connectivity index (χ3v) is 3.79. The number of anilines is 1. The Morgan fingerprint density at radius 2 is 2.20 bits per heavy atom. The van der Waals surface area contributed by atoms with Crippen LogP contribution in [0.15, 0.2) is 40.9 Å². The fourth-order valence-corrected chi connectivity index (χ4v) is 2.61. The van der Waals surface area contributed by atoms with Crippen molar-refractivity contribution in [2.75, 3.05) is 5.32 Å². The molecule has 5 nitrogen and oxygen atoms in total. The van der Waals surface area contributed by atoms with Gasteiger partial charge in [-0.1, -0.05) is 35.5 Å². The van der Waals surface area contributed by atoms with E-state index in [0.29, 0.717) is 11.6 Å². The minimum atomic E-state index is -0.589. The zero-order valence-corrected chi connectivity index (χ0v) is 11.7. The van der Waals surface area contributed by atoms with Gasteiger partial charge in [0.15, 0.2) is 5.13 Å². The van der Waals surface area contributed by atoms with Crippen LogP contribution >= 0.6 is 11.3 Å². The van der Waals surface area contributed by atoms with Crippen LogP contribution in [0.3, 0.4) is 0 Å². The van der Waals surface area contributed by atoms with E-state index in [9.17, 15) is 4.79 Å². The maximum absolute atomic E-state index is 12.1. The summed E-state index contributed by atoms with van der Waals surface area (Å²) in [5.74, 6) is -0.214. The van der Waals surface area contributed by atoms with Crippen LogP contribution in [0.1, 0.15) is 17.7 Å². The molecule has 1 N–H and O–H groups in total. The van der Waals surface area contributed by atoms with Crippen molar-refractivity contribution in [1.82, 2.24) is 4.98 Å². The minimum absolute atomic E-state index is 0.214. The van der Waals surface area contributed by atoms with Crippen LogP contribution in [0.2, 0.25) is 0 Å². The molecule has 0 radical (unpaired) electrons. The quantitative estimate of drug-likeness (QED) is 0.943. The summed E-state index contributed by atoms with van der Waals surface area (Å²) in [4.78, 5) is 21.5. The summed E-state index contributed by atoms with van der Waals surface area (Å²) in [6.45, 7) is 1.88. The predicted molar refractivity (Wildman–Crippen MR) is 77.9 cm³/mol. The van der Waals surface area contributed by atoms with Gasteiger partial charge in [-0.3, -0.25) is 10.1 Å². The van der Waals surface area contributed by atoms with Crippen molar-refractivity contribution in [2.45, 2.75) is 19.4 Å². The van der Waals surface area contributed by atoms with E-state index in [2.05, 4.69) is 15.5 Å². The standard InChI is InChI=1S/C14H13N3O2S/c1-9-8-20-14(15-9)16-13(18)12-7-11(17-19-12)10-5-3-2-4-6-10/h2-6,8,12H,7H2,1H3,(H,15,16,18). The number of hydrogen-bond donors (Lipinski definition) is 1. The first-order valence-corrected chi connectivity index (χ1v) is 7.11. The average Bonchev–Trinajstić information content (AvgIpc) is 3.09. The maximum Gasteiger partial charge on any atom is 0.270 e. The van der Waals surface area contributed by atoms with Crippen LogP contribution in [0.5, 0.6) is 0 Å². The number of amides is 1. The van der Waals surface area contributed by atoms with Crippen molar-refractivity contribution in [1.29, 1.82) is 0 Å². The number of rotatable bonds is 3. The molecule has 2 aromatic rings. The number of carbonyl (C=O) groups is 1. The second-order valence-corrected chi connectivity index (χ2v) is 5.34. The Labute approximate surface area is 120 Å². The lowest BCUT2D eigenvalue weighted by Crippen LogP contribution is -2.28. The third kappa shape index (κ3) is 2.70. The van der Waals surface area contributed by atoms with Gasteiger partial charge >= 0.3 is 0 Å². The number of benzene rings is 1. The Kier molecular flexibility index (Phi) is 3.47. The van der Waals surface area contributed by atoms with Crippen molar-refractivity contribution in [3.05, 3.63) is 47.0 Å². The molecule has 6 heteroatoms. The molecule has 3 rings (SSSR count). The smallest absolute Gasteiger partial charge is 0.270 e. The van der Waals surface area contributed by atoms with Crippen molar-refractivity contribution >= 4 is 28.1 Å². The van der Waals surface area contributed by atoms with Gasteiger partial charge in [0.1, 0.15) is 0 Å². The van der Waals surface area contributed by atoms with E-state index >= 15 is 0 Å². The van der Waals surface area contributed by atoms with Gasteiger partial charge in [0, 0.05) is 11.8 Å². The number of carbonyl (C=O) groups excluding carboxylic acids is 1. The van der Waals surface area contributed by atoms with E-state index in [4.69, 9.17) is 4.84 Å². The van der Waals surface area contributed by atoms with E-state index in [-0.39, 0.29) is 5.91 Å². The van der Waals surface area contributed by atoms with Crippen molar-refractivity contribution in [3.63, 3.8) is 0 Å². The fourth-order valence-electron chi connectivity index (χ4n) is 1.92. The summed E-state index contributed by atoms with van der Waals surface area (Å²) in [6, 6.07) is 9.71. The second-order valence-electron chi connectivity index (χ2n) is 4.49. The first-order chi connectivity index (χ1) is 9.72. The molecule has 1 aliphatic rings. The Morgan fingerprint density at radius 1 is 1.40 bits per heavy atom. The Bertz CT molecular complexity index is 651. The van der Waals surface area contributed by atoms with E-state index in [1.807, 2.05) is 42.6 Å². The molecule has 1 unspecified atom stereocenters. The molecule has 20 heavy (non-hydrogen) atoms. The largest absolute Gasteiger partial charge is 0.382 e. The summed E-state index contributed by atoms with van der Waals surface area (Å²) in [5, 5.41) is 9.21. The van der Waals surface area contributed by atoms with Gasteiger partial charge in [-0.15, -0.1) is 11.3 Å². The predicted octanol–water partition coefficient (Wildman–Crippen LogP) is 2.58. The fraction of sp³-hybridized carbons (Fsp3) is 0.214. The zero-order chi connectivity index (χ0) is 13.9. The van der Waals surface area contributed by atoms with Gasteiger partial charge in [-0.05, 0) is 12.5 Å². The molecule has 0 bridgehead atoms. The summed E-state index contributed by atoms with van der Waals surface area (Å²) >= 11 is 1.40. The molecule has 102 valence electrons. The summed E-state index contributed by atoms with van der Waals surface area (Å²) in [6.07, 6.45) is -0.116. The molecule has 1 aromatic carbocycles. The van der Waals surface area contributed by atoms with Gasteiger partial charge < -0.3 is 4.84 Å². The van der Waals surface area contributed by atoms with Crippen LogP contribution in [0.25, 0.3) is 0 Å². The van der Waals surface area contributed by atoms with Gasteiger partial charge in [-0.25, -0.2) is 4.98 Å². The highest BCUT2D eigenvalue weighted by Gasteiger charge is 2.29. The topological polar surface area (TPSA) is 63.6 Å². The van der Waals surface area contributed by atoms with Crippen LogP contribution < -0.4 is 5.32 Å². The highest BCUT2D eigenvalue weighted by atomic mass is 32.1. The first-order valence-electron chi connectivity index (χ1n) is 6.23. The SMILES string of the molecule is Cc1csc(NC(=O)C2CC(c3ccccc3)=NO2)n1. The molecule has 0 saturated heterocycles. The Hall–Kier alpha value is -2.21. The lowest BCUT2D eigenvalue weighted by Gasteiger charge is -2.06. The zero-order valence-electron chi connectivity index (χ0n) is 10.9. The highest BCUT2D eigenvalue weighted by Crippen LogP contribution is 2.20. The number of aryl methyl sites for hydroxylation is 1. The van der Waals surface area contributed by atoms with Gasteiger partial charge in [0.25, 0.3) is 5.91 Å².